The first kappa shape index (κ1) is 14.4. The number of rotatable bonds is 1. The average molecular weight is 277 g/mol. The molecule has 5 nitrogen and oxygen atoms in total. The molecule has 108 valence electrons. The van der Waals surface area contributed by atoms with E-state index in [9.17, 15) is 14.7 Å². The Hall–Kier alpha value is -2.04. The minimum atomic E-state index is -1.02. The number of anilines is 1. The van der Waals surface area contributed by atoms with Gasteiger partial charge in [0.15, 0.2) is 0 Å². The van der Waals surface area contributed by atoms with Crippen LogP contribution in [0.5, 0.6) is 0 Å². The van der Waals surface area contributed by atoms with Crippen LogP contribution in [-0.4, -0.2) is 28.8 Å². The largest absolute Gasteiger partial charge is 0.480 e. The van der Waals surface area contributed by atoms with E-state index < -0.39 is 23.7 Å². The molecule has 0 spiro atoms. The number of carboxylic acids is 1. The van der Waals surface area contributed by atoms with Crippen LogP contribution in [0.15, 0.2) is 18.2 Å². The lowest BCUT2D eigenvalue weighted by Crippen LogP contribution is -2.45. The molecule has 1 unspecified atom stereocenters. The van der Waals surface area contributed by atoms with Gasteiger partial charge in [-0.1, -0.05) is 17.7 Å². The lowest BCUT2D eigenvalue weighted by atomic mass is 10.1. The van der Waals surface area contributed by atoms with Gasteiger partial charge in [0.1, 0.15) is 11.6 Å². The zero-order chi connectivity index (χ0) is 15.1. The van der Waals surface area contributed by atoms with Gasteiger partial charge in [0.2, 0.25) is 0 Å². The van der Waals surface area contributed by atoms with Gasteiger partial charge in [0, 0.05) is 6.42 Å². The number of fused-ring (bicyclic) bond motifs is 1. The van der Waals surface area contributed by atoms with Gasteiger partial charge < -0.3 is 9.84 Å². The van der Waals surface area contributed by atoms with Crippen molar-refractivity contribution < 1.29 is 19.4 Å². The van der Waals surface area contributed by atoms with E-state index in [0.717, 1.165) is 11.1 Å². The molecule has 0 saturated carbocycles. The fraction of sp³-hybridized carbons (Fsp3) is 0.467. The first-order chi connectivity index (χ1) is 9.19. The molecule has 1 aliphatic rings. The summed E-state index contributed by atoms with van der Waals surface area (Å²) in [4.78, 5) is 24.9. The summed E-state index contributed by atoms with van der Waals surface area (Å²) in [5.74, 6) is -1.02. The van der Waals surface area contributed by atoms with Crippen molar-refractivity contribution in [2.75, 3.05) is 4.90 Å². The van der Waals surface area contributed by atoms with Gasteiger partial charge in [-0.3, -0.25) is 4.90 Å². The molecule has 1 N–H and O–H groups in total. The van der Waals surface area contributed by atoms with E-state index in [2.05, 4.69) is 0 Å². The number of hydrogen-bond acceptors (Lipinski definition) is 3. The molecule has 0 aliphatic carbocycles. The topological polar surface area (TPSA) is 66.8 Å². The van der Waals surface area contributed by atoms with Crippen molar-refractivity contribution in [1.82, 2.24) is 0 Å². The van der Waals surface area contributed by atoms with E-state index in [1.807, 2.05) is 19.1 Å². The average Bonchev–Trinajstić information content (AvgIpc) is 2.64. The summed E-state index contributed by atoms with van der Waals surface area (Å²) in [6.45, 7) is 7.21. The van der Waals surface area contributed by atoms with Crippen LogP contribution in [0.2, 0.25) is 0 Å². The fourth-order valence-electron chi connectivity index (χ4n) is 2.31. The standard InChI is InChI=1S/C15H19NO4/c1-9-5-6-11-10(7-9)8-12(13(17)18)16(11)14(19)20-15(2,3)4/h5-7,12H,8H2,1-4H3,(H,17,18). The number of amides is 1. The molecule has 1 aromatic carbocycles. The van der Waals surface area contributed by atoms with Crippen molar-refractivity contribution >= 4 is 17.7 Å². The fourth-order valence-corrected chi connectivity index (χ4v) is 2.31. The number of nitrogens with zero attached hydrogens (tertiary/aromatic N) is 1. The van der Waals surface area contributed by atoms with Crippen molar-refractivity contribution in [1.29, 1.82) is 0 Å². The highest BCUT2D eigenvalue weighted by molar-refractivity contribution is 5.98. The summed E-state index contributed by atoms with van der Waals surface area (Å²) in [7, 11) is 0. The molecule has 0 saturated heterocycles. The molecular formula is C15H19NO4. The zero-order valence-corrected chi connectivity index (χ0v) is 12.1. The maximum atomic E-state index is 12.3. The molecule has 1 heterocycles. The van der Waals surface area contributed by atoms with Gasteiger partial charge in [0.05, 0.1) is 5.69 Å². The van der Waals surface area contributed by atoms with E-state index in [1.165, 1.54) is 4.90 Å². The molecule has 20 heavy (non-hydrogen) atoms. The van der Waals surface area contributed by atoms with Crippen LogP contribution in [0.25, 0.3) is 0 Å². The third-order valence-corrected chi connectivity index (χ3v) is 3.09. The molecule has 1 amide bonds. The van der Waals surface area contributed by atoms with E-state index in [1.54, 1.807) is 26.8 Å². The van der Waals surface area contributed by atoms with Gasteiger partial charge in [-0.25, -0.2) is 9.59 Å². The van der Waals surface area contributed by atoms with Crippen molar-refractivity contribution in [3.63, 3.8) is 0 Å². The van der Waals surface area contributed by atoms with Crippen molar-refractivity contribution in [3.8, 4) is 0 Å². The number of carbonyl (C=O) groups is 2. The normalized spacial score (nSPS) is 17.8. The number of carboxylic acid groups (broad SMARTS) is 1. The summed E-state index contributed by atoms with van der Waals surface area (Å²) in [6, 6.07) is 4.65. The lowest BCUT2D eigenvalue weighted by molar-refractivity contribution is -0.138. The van der Waals surface area contributed by atoms with E-state index in [4.69, 9.17) is 4.74 Å². The number of aliphatic carboxylic acids is 1. The molecule has 1 aromatic rings. The summed E-state index contributed by atoms with van der Waals surface area (Å²) in [5, 5.41) is 9.32. The lowest BCUT2D eigenvalue weighted by Gasteiger charge is -2.27. The number of aryl methyl sites for hydroxylation is 1. The Morgan fingerprint density at radius 3 is 2.55 bits per heavy atom. The summed E-state index contributed by atoms with van der Waals surface area (Å²) in [5.41, 5.74) is 1.87. The predicted octanol–water partition coefficient (Wildman–Crippen LogP) is 2.75. The van der Waals surface area contributed by atoms with Crippen molar-refractivity contribution in [3.05, 3.63) is 29.3 Å². The second kappa shape index (κ2) is 4.81. The van der Waals surface area contributed by atoms with Crippen LogP contribution in [0, 0.1) is 6.92 Å². The molecular weight excluding hydrogens is 258 g/mol. The van der Waals surface area contributed by atoms with Crippen LogP contribution < -0.4 is 4.90 Å². The Morgan fingerprint density at radius 2 is 2.00 bits per heavy atom. The first-order valence-corrected chi connectivity index (χ1v) is 6.53. The van der Waals surface area contributed by atoms with Crippen LogP contribution in [0.1, 0.15) is 31.9 Å². The van der Waals surface area contributed by atoms with Crippen LogP contribution >= 0.6 is 0 Å². The molecule has 1 atom stereocenters. The Morgan fingerprint density at radius 1 is 1.35 bits per heavy atom. The summed E-state index contributed by atoms with van der Waals surface area (Å²) >= 11 is 0. The molecule has 0 fully saturated rings. The highest BCUT2D eigenvalue weighted by atomic mass is 16.6. The third-order valence-electron chi connectivity index (χ3n) is 3.09. The summed E-state index contributed by atoms with van der Waals surface area (Å²) < 4.78 is 5.31. The molecule has 2 rings (SSSR count). The minimum Gasteiger partial charge on any atom is -0.480 e. The Balaban J connectivity index is 2.38. The Bertz CT molecular complexity index is 559. The smallest absolute Gasteiger partial charge is 0.415 e. The van der Waals surface area contributed by atoms with E-state index in [-0.39, 0.29) is 0 Å². The number of hydrogen-bond donors (Lipinski definition) is 1. The van der Waals surface area contributed by atoms with Crippen LogP contribution in [0.4, 0.5) is 10.5 Å². The number of benzene rings is 1. The predicted molar refractivity (Wildman–Crippen MR) is 75.0 cm³/mol. The molecule has 1 aliphatic heterocycles. The van der Waals surface area contributed by atoms with E-state index in [0.29, 0.717) is 12.1 Å². The van der Waals surface area contributed by atoms with Crippen LogP contribution in [0.3, 0.4) is 0 Å². The van der Waals surface area contributed by atoms with Gasteiger partial charge in [-0.15, -0.1) is 0 Å². The number of carbonyl (C=O) groups excluding carboxylic acids is 1. The Kier molecular flexibility index (Phi) is 3.46. The number of ether oxygens (including phenoxy) is 1. The second-order valence-corrected chi connectivity index (χ2v) is 6.04. The third kappa shape index (κ3) is 2.76. The maximum absolute atomic E-state index is 12.3. The maximum Gasteiger partial charge on any atom is 0.415 e. The van der Waals surface area contributed by atoms with Crippen LogP contribution in [-0.2, 0) is 16.0 Å². The monoisotopic (exact) mass is 277 g/mol. The second-order valence-electron chi connectivity index (χ2n) is 6.04. The highest BCUT2D eigenvalue weighted by Crippen LogP contribution is 2.34. The molecule has 5 heteroatoms. The quantitative estimate of drug-likeness (QED) is 0.857. The van der Waals surface area contributed by atoms with Crippen molar-refractivity contribution in [2.45, 2.75) is 45.8 Å². The van der Waals surface area contributed by atoms with Gasteiger partial charge in [0.25, 0.3) is 0 Å². The SMILES string of the molecule is Cc1ccc2c(c1)CC(C(=O)O)N2C(=O)OC(C)(C)C. The molecule has 0 radical (unpaired) electrons. The highest BCUT2D eigenvalue weighted by Gasteiger charge is 2.40. The van der Waals surface area contributed by atoms with Crippen molar-refractivity contribution in [2.24, 2.45) is 0 Å². The summed E-state index contributed by atoms with van der Waals surface area (Å²) in [6.07, 6.45) is -0.307. The van der Waals surface area contributed by atoms with Gasteiger partial charge in [-0.05, 0) is 39.3 Å². The molecule has 0 bridgehead atoms. The zero-order valence-electron chi connectivity index (χ0n) is 12.1. The van der Waals surface area contributed by atoms with Gasteiger partial charge >= 0.3 is 12.1 Å². The first-order valence-electron chi connectivity index (χ1n) is 6.53. The minimum absolute atomic E-state index is 0.311. The van der Waals surface area contributed by atoms with E-state index >= 15 is 0 Å². The molecule has 0 aromatic heterocycles. The Labute approximate surface area is 118 Å². The van der Waals surface area contributed by atoms with Gasteiger partial charge in [-0.2, -0.15) is 0 Å².